The molecule has 2 fully saturated rings. The number of ether oxygens (including phenoxy) is 1. The maximum absolute atomic E-state index is 5.85. The van der Waals surface area contributed by atoms with Crippen LogP contribution >= 0.6 is 0 Å². The molecular formula is C19H32N4O2. The number of guanidine groups is 1. The van der Waals surface area contributed by atoms with Crippen LogP contribution in [0.3, 0.4) is 0 Å². The first-order valence-corrected chi connectivity index (χ1v) is 9.56. The lowest BCUT2D eigenvalue weighted by Crippen LogP contribution is -2.48. The fraction of sp³-hybridized carbons (Fsp3) is 0.737. The molecule has 0 spiro atoms. The van der Waals surface area contributed by atoms with E-state index in [0.717, 1.165) is 57.3 Å². The van der Waals surface area contributed by atoms with Gasteiger partial charge in [0.25, 0.3) is 0 Å². The van der Waals surface area contributed by atoms with Crippen molar-refractivity contribution in [1.29, 1.82) is 0 Å². The highest BCUT2D eigenvalue weighted by Gasteiger charge is 2.30. The summed E-state index contributed by atoms with van der Waals surface area (Å²) in [5.74, 6) is 1.85. The summed E-state index contributed by atoms with van der Waals surface area (Å²) in [7, 11) is 1.82. The molecule has 2 atom stereocenters. The highest BCUT2D eigenvalue weighted by molar-refractivity contribution is 5.79. The van der Waals surface area contributed by atoms with E-state index < -0.39 is 0 Å². The molecule has 2 aliphatic rings. The molecule has 140 valence electrons. The van der Waals surface area contributed by atoms with Crippen LogP contribution in [0.4, 0.5) is 0 Å². The van der Waals surface area contributed by atoms with Crippen LogP contribution in [0.5, 0.6) is 0 Å². The third-order valence-corrected chi connectivity index (χ3v) is 5.32. The lowest BCUT2D eigenvalue weighted by Gasteiger charge is -2.34. The Morgan fingerprint density at radius 1 is 1.28 bits per heavy atom. The Kier molecular flexibility index (Phi) is 6.37. The van der Waals surface area contributed by atoms with Crippen LogP contribution in [-0.4, -0.2) is 56.3 Å². The summed E-state index contributed by atoms with van der Waals surface area (Å²) in [6, 6.07) is 4.29. The SMILES string of the molecule is CN=C(NCC(c1ccco1)N1CCCCC1)NCC1(C)CCCO1. The zero-order valence-electron chi connectivity index (χ0n) is 15.6. The van der Waals surface area contributed by atoms with Gasteiger partial charge in [0.15, 0.2) is 5.96 Å². The lowest BCUT2D eigenvalue weighted by molar-refractivity contribution is 0.0242. The molecule has 2 N–H and O–H groups in total. The van der Waals surface area contributed by atoms with E-state index in [1.807, 2.05) is 13.1 Å². The van der Waals surface area contributed by atoms with Crippen LogP contribution in [0, 0.1) is 0 Å². The van der Waals surface area contributed by atoms with Gasteiger partial charge in [-0.1, -0.05) is 6.42 Å². The van der Waals surface area contributed by atoms with Gasteiger partial charge >= 0.3 is 0 Å². The van der Waals surface area contributed by atoms with Crippen molar-refractivity contribution in [2.24, 2.45) is 4.99 Å². The number of furan rings is 1. The average molecular weight is 348 g/mol. The third-order valence-electron chi connectivity index (χ3n) is 5.32. The Morgan fingerprint density at radius 3 is 2.76 bits per heavy atom. The van der Waals surface area contributed by atoms with E-state index in [9.17, 15) is 0 Å². The fourth-order valence-corrected chi connectivity index (χ4v) is 3.78. The molecule has 0 radical (unpaired) electrons. The second-order valence-electron chi connectivity index (χ2n) is 7.34. The van der Waals surface area contributed by atoms with Gasteiger partial charge in [-0.05, 0) is 57.8 Å². The molecule has 2 unspecified atom stereocenters. The van der Waals surface area contributed by atoms with E-state index in [4.69, 9.17) is 9.15 Å². The second-order valence-corrected chi connectivity index (χ2v) is 7.34. The minimum Gasteiger partial charge on any atom is -0.468 e. The molecular weight excluding hydrogens is 316 g/mol. The summed E-state index contributed by atoms with van der Waals surface area (Å²) in [4.78, 5) is 6.89. The Labute approximate surface area is 151 Å². The number of hydrogen-bond donors (Lipinski definition) is 2. The fourth-order valence-electron chi connectivity index (χ4n) is 3.78. The summed E-state index contributed by atoms with van der Waals surface area (Å²) < 4.78 is 11.6. The molecule has 0 aromatic carbocycles. The first-order valence-electron chi connectivity index (χ1n) is 9.56. The second kappa shape index (κ2) is 8.72. The maximum atomic E-state index is 5.85. The van der Waals surface area contributed by atoms with Gasteiger partial charge in [0.2, 0.25) is 0 Å². The van der Waals surface area contributed by atoms with Crippen molar-refractivity contribution in [3.05, 3.63) is 24.2 Å². The maximum Gasteiger partial charge on any atom is 0.191 e. The number of nitrogens with zero attached hydrogens (tertiary/aromatic N) is 2. The van der Waals surface area contributed by atoms with E-state index in [2.05, 4.69) is 33.5 Å². The predicted octanol–water partition coefficient (Wildman–Crippen LogP) is 2.54. The molecule has 1 aromatic heterocycles. The molecule has 0 bridgehead atoms. The van der Waals surface area contributed by atoms with Crippen LogP contribution in [0.15, 0.2) is 27.8 Å². The van der Waals surface area contributed by atoms with Gasteiger partial charge in [0.1, 0.15) is 5.76 Å². The molecule has 3 rings (SSSR count). The number of aliphatic imine (C=N–C) groups is 1. The lowest BCUT2D eigenvalue weighted by atomic mass is 10.0. The largest absolute Gasteiger partial charge is 0.468 e. The van der Waals surface area contributed by atoms with Crippen molar-refractivity contribution in [1.82, 2.24) is 15.5 Å². The van der Waals surface area contributed by atoms with Gasteiger partial charge < -0.3 is 19.8 Å². The summed E-state index contributed by atoms with van der Waals surface area (Å²) in [5.41, 5.74) is -0.0785. The van der Waals surface area contributed by atoms with E-state index >= 15 is 0 Å². The standard InChI is InChI=1S/C19H32N4O2/c1-19(9-7-13-25-19)15-22-18(20-2)21-14-16(17-8-6-12-24-17)23-10-4-3-5-11-23/h6,8,12,16H,3-5,7,9-11,13-15H2,1-2H3,(H2,20,21,22). The number of likely N-dealkylation sites (tertiary alicyclic amines) is 1. The minimum atomic E-state index is -0.0785. The van der Waals surface area contributed by atoms with Gasteiger partial charge in [0, 0.05) is 26.7 Å². The number of rotatable bonds is 6. The predicted molar refractivity (Wildman–Crippen MR) is 99.8 cm³/mol. The van der Waals surface area contributed by atoms with Crippen molar-refractivity contribution in [2.45, 2.75) is 50.7 Å². The Morgan fingerprint density at radius 2 is 2.12 bits per heavy atom. The molecule has 6 nitrogen and oxygen atoms in total. The topological polar surface area (TPSA) is 62.0 Å². The summed E-state index contributed by atoms with van der Waals surface area (Å²) in [5, 5.41) is 6.90. The molecule has 2 saturated heterocycles. The normalized spacial score (nSPS) is 26.6. The van der Waals surface area contributed by atoms with Crippen LogP contribution in [0.2, 0.25) is 0 Å². The van der Waals surface area contributed by atoms with Crippen LogP contribution in [-0.2, 0) is 4.74 Å². The third kappa shape index (κ3) is 4.98. The van der Waals surface area contributed by atoms with Crippen molar-refractivity contribution >= 4 is 5.96 Å². The van der Waals surface area contributed by atoms with Gasteiger partial charge in [-0.3, -0.25) is 9.89 Å². The quantitative estimate of drug-likeness (QED) is 0.611. The van der Waals surface area contributed by atoms with Crippen molar-refractivity contribution in [2.75, 3.05) is 39.8 Å². The number of nitrogens with one attached hydrogen (secondary N) is 2. The zero-order chi connectivity index (χ0) is 17.5. The highest BCUT2D eigenvalue weighted by Crippen LogP contribution is 2.25. The molecule has 2 aliphatic heterocycles. The molecule has 0 aliphatic carbocycles. The first-order chi connectivity index (χ1) is 12.2. The molecule has 0 saturated carbocycles. The van der Waals surface area contributed by atoms with Crippen molar-refractivity contribution in [3.63, 3.8) is 0 Å². The Hall–Kier alpha value is -1.53. The van der Waals surface area contributed by atoms with E-state index in [1.54, 1.807) is 6.26 Å². The Balaban J connectivity index is 1.55. The van der Waals surface area contributed by atoms with Crippen LogP contribution in [0.1, 0.15) is 50.8 Å². The van der Waals surface area contributed by atoms with Crippen LogP contribution in [0.25, 0.3) is 0 Å². The average Bonchev–Trinajstić information content (AvgIpc) is 3.31. The molecule has 3 heterocycles. The molecule has 6 heteroatoms. The molecule has 25 heavy (non-hydrogen) atoms. The van der Waals surface area contributed by atoms with Crippen LogP contribution < -0.4 is 10.6 Å². The zero-order valence-corrected chi connectivity index (χ0v) is 15.6. The monoisotopic (exact) mass is 348 g/mol. The van der Waals surface area contributed by atoms with Crippen molar-refractivity contribution < 1.29 is 9.15 Å². The number of piperidine rings is 1. The first kappa shape index (κ1) is 18.3. The summed E-state index contributed by atoms with van der Waals surface area (Å²) >= 11 is 0. The van der Waals surface area contributed by atoms with E-state index in [0.29, 0.717) is 0 Å². The van der Waals surface area contributed by atoms with Gasteiger partial charge in [-0.15, -0.1) is 0 Å². The van der Waals surface area contributed by atoms with Gasteiger partial charge in [0.05, 0.1) is 17.9 Å². The number of hydrogen-bond acceptors (Lipinski definition) is 4. The highest BCUT2D eigenvalue weighted by atomic mass is 16.5. The molecule has 1 aromatic rings. The van der Waals surface area contributed by atoms with E-state index in [1.165, 1.54) is 19.3 Å². The Bertz CT molecular complexity index is 532. The minimum absolute atomic E-state index is 0.0785. The molecule has 0 amide bonds. The smallest absolute Gasteiger partial charge is 0.191 e. The summed E-state index contributed by atoms with van der Waals surface area (Å²) in [6.07, 6.45) is 7.85. The summed E-state index contributed by atoms with van der Waals surface area (Å²) in [6.45, 7) is 6.85. The van der Waals surface area contributed by atoms with Gasteiger partial charge in [-0.2, -0.15) is 0 Å². The van der Waals surface area contributed by atoms with E-state index in [-0.39, 0.29) is 11.6 Å². The van der Waals surface area contributed by atoms with Crippen molar-refractivity contribution in [3.8, 4) is 0 Å². The van der Waals surface area contributed by atoms with Gasteiger partial charge in [-0.25, -0.2) is 0 Å².